The number of hydrogen-bond donors (Lipinski definition) is 2. The second-order valence-electron chi connectivity index (χ2n) is 3.85. The molecule has 3 amide bonds. The highest BCUT2D eigenvalue weighted by Crippen LogP contribution is 2.15. The molecule has 1 aromatic rings. The minimum Gasteiger partial charge on any atom is -0.338 e. The first-order valence-electron chi connectivity index (χ1n) is 5.77. The van der Waals surface area contributed by atoms with Crippen molar-refractivity contribution in [1.82, 2.24) is 10.6 Å². The van der Waals surface area contributed by atoms with E-state index in [9.17, 15) is 18.0 Å². The summed E-state index contributed by atoms with van der Waals surface area (Å²) in [6.45, 7) is 3.28. The van der Waals surface area contributed by atoms with Gasteiger partial charge in [-0.25, -0.2) is 13.2 Å². The van der Waals surface area contributed by atoms with E-state index in [1.54, 1.807) is 25.1 Å². The van der Waals surface area contributed by atoms with Crippen LogP contribution in [-0.2, 0) is 14.6 Å². The van der Waals surface area contributed by atoms with Crippen molar-refractivity contribution in [3.05, 3.63) is 30.3 Å². The first kappa shape index (κ1) is 15.2. The number of benzene rings is 1. The Bertz CT molecular complexity index is 554. The molecule has 0 saturated carbocycles. The van der Waals surface area contributed by atoms with Crippen molar-refractivity contribution >= 4 is 21.8 Å². The predicted molar refractivity (Wildman–Crippen MR) is 70.3 cm³/mol. The zero-order valence-electron chi connectivity index (χ0n) is 10.7. The molecule has 0 aliphatic heterocycles. The Morgan fingerprint density at radius 2 is 1.79 bits per heavy atom. The summed E-state index contributed by atoms with van der Waals surface area (Å²) in [7, 11) is -3.79. The largest absolute Gasteiger partial charge is 0.338 e. The second-order valence-corrected chi connectivity index (χ2v) is 6.12. The fourth-order valence-electron chi connectivity index (χ4n) is 1.37. The van der Waals surface area contributed by atoms with Gasteiger partial charge in [-0.3, -0.25) is 10.1 Å². The first-order valence-corrected chi connectivity index (χ1v) is 7.32. The minimum atomic E-state index is -3.79. The fraction of sp³-hybridized carbons (Fsp3) is 0.333. The number of rotatable bonds is 4. The monoisotopic (exact) mass is 284 g/mol. The normalized spacial score (nSPS) is 12.5. The van der Waals surface area contributed by atoms with Crippen molar-refractivity contribution in [3.8, 4) is 0 Å². The Morgan fingerprint density at radius 3 is 2.32 bits per heavy atom. The summed E-state index contributed by atoms with van der Waals surface area (Å²) < 4.78 is 24.2. The third-order valence-corrected chi connectivity index (χ3v) is 4.55. The van der Waals surface area contributed by atoms with Crippen LogP contribution >= 0.6 is 0 Å². The summed E-state index contributed by atoms with van der Waals surface area (Å²) in [5, 5.41) is 3.01. The van der Waals surface area contributed by atoms with Crippen molar-refractivity contribution in [2.24, 2.45) is 0 Å². The van der Waals surface area contributed by atoms with Gasteiger partial charge in [-0.05, 0) is 26.0 Å². The van der Waals surface area contributed by atoms with Crippen LogP contribution in [0.15, 0.2) is 35.2 Å². The lowest BCUT2D eigenvalue weighted by atomic mass is 10.4. The number of amides is 3. The number of carbonyl (C=O) groups is 2. The highest BCUT2D eigenvalue weighted by Gasteiger charge is 2.30. The molecule has 0 aliphatic carbocycles. The molecule has 0 spiro atoms. The summed E-state index contributed by atoms with van der Waals surface area (Å²) in [4.78, 5) is 22.9. The molecule has 1 unspecified atom stereocenters. The van der Waals surface area contributed by atoms with Crippen LogP contribution in [0.4, 0.5) is 4.79 Å². The molecule has 1 rings (SSSR count). The van der Waals surface area contributed by atoms with Crippen LogP contribution in [0.25, 0.3) is 0 Å². The van der Waals surface area contributed by atoms with Gasteiger partial charge in [-0.1, -0.05) is 18.2 Å². The molecule has 0 heterocycles. The van der Waals surface area contributed by atoms with E-state index in [0.717, 1.165) is 0 Å². The predicted octanol–water partition coefficient (Wildman–Crippen LogP) is 0.694. The van der Waals surface area contributed by atoms with E-state index < -0.39 is 27.0 Å². The van der Waals surface area contributed by atoms with Gasteiger partial charge in [0.2, 0.25) is 5.91 Å². The van der Waals surface area contributed by atoms with Gasteiger partial charge in [0.15, 0.2) is 9.84 Å². The van der Waals surface area contributed by atoms with Gasteiger partial charge in [0.25, 0.3) is 0 Å². The molecule has 0 saturated heterocycles. The number of sulfone groups is 1. The number of carbonyl (C=O) groups excluding carboxylic acids is 2. The van der Waals surface area contributed by atoms with Gasteiger partial charge in [-0.2, -0.15) is 0 Å². The van der Waals surface area contributed by atoms with Crippen LogP contribution in [-0.4, -0.2) is 32.2 Å². The third-order valence-electron chi connectivity index (χ3n) is 2.48. The maximum atomic E-state index is 12.1. The molecule has 6 nitrogen and oxygen atoms in total. The van der Waals surface area contributed by atoms with Crippen LogP contribution in [0.5, 0.6) is 0 Å². The molecule has 0 aliphatic rings. The fourth-order valence-corrected chi connectivity index (χ4v) is 2.66. The van der Waals surface area contributed by atoms with E-state index in [1.165, 1.54) is 19.1 Å². The summed E-state index contributed by atoms with van der Waals surface area (Å²) in [5.41, 5.74) is 0. The zero-order chi connectivity index (χ0) is 14.5. The van der Waals surface area contributed by atoms with Crippen molar-refractivity contribution < 1.29 is 18.0 Å². The van der Waals surface area contributed by atoms with Gasteiger partial charge in [0.05, 0.1) is 4.90 Å². The van der Waals surface area contributed by atoms with Crippen LogP contribution < -0.4 is 10.6 Å². The lowest BCUT2D eigenvalue weighted by Gasteiger charge is -2.12. The van der Waals surface area contributed by atoms with Crippen molar-refractivity contribution in [3.63, 3.8) is 0 Å². The Hall–Kier alpha value is -1.89. The summed E-state index contributed by atoms with van der Waals surface area (Å²) in [5.74, 6) is -0.852. The zero-order valence-corrected chi connectivity index (χ0v) is 11.5. The summed E-state index contributed by atoms with van der Waals surface area (Å²) in [6, 6.07) is 6.93. The SMILES string of the molecule is CCNC(=O)NC(=O)C(C)S(=O)(=O)c1ccccc1. The van der Waals surface area contributed by atoms with Gasteiger partial charge < -0.3 is 5.32 Å². The van der Waals surface area contributed by atoms with E-state index in [2.05, 4.69) is 5.32 Å². The maximum absolute atomic E-state index is 12.1. The van der Waals surface area contributed by atoms with Crippen LogP contribution in [0.3, 0.4) is 0 Å². The molecule has 1 atom stereocenters. The molecule has 7 heteroatoms. The first-order chi connectivity index (χ1) is 8.89. The van der Waals surface area contributed by atoms with E-state index in [1.807, 2.05) is 5.32 Å². The second kappa shape index (κ2) is 6.33. The average Bonchev–Trinajstić information content (AvgIpc) is 2.39. The molecular weight excluding hydrogens is 268 g/mol. The van der Waals surface area contributed by atoms with Crippen molar-refractivity contribution in [2.75, 3.05) is 6.54 Å². The van der Waals surface area contributed by atoms with Crippen LogP contribution in [0.2, 0.25) is 0 Å². The number of imide groups is 1. The van der Waals surface area contributed by atoms with Crippen LogP contribution in [0, 0.1) is 0 Å². The maximum Gasteiger partial charge on any atom is 0.321 e. The Kier molecular flexibility index (Phi) is 5.05. The molecule has 19 heavy (non-hydrogen) atoms. The quantitative estimate of drug-likeness (QED) is 0.851. The highest BCUT2D eigenvalue weighted by atomic mass is 32.2. The molecule has 0 bridgehead atoms. The van der Waals surface area contributed by atoms with Crippen molar-refractivity contribution in [1.29, 1.82) is 0 Å². The highest BCUT2D eigenvalue weighted by molar-refractivity contribution is 7.92. The minimum absolute atomic E-state index is 0.0496. The van der Waals surface area contributed by atoms with E-state index in [0.29, 0.717) is 6.54 Å². The Labute approximate surface area is 112 Å². The Balaban J connectivity index is 2.85. The molecule has 104 valence electrons. The lowest BCUT2D eigenvalue weighted by molar-refractivity contribution is -0.119. The number of hydrogen-bond acceptors (Lipinski definition) is 4. The smallest absolute Gasteiger partial charge is 0.321 e. The third kappa shape index (κ3) is 3.78. The molecule has 0 fully saturated rings. The summed E-state index contributed by atoms with van der Waals surface area (Å²) >= 11 is 0. The molecule has 0 aromatic heterocycles. The van der Waals surface area contributed by atoms with Crippen molar-refractivity contribution in [2.45, 2.75) is 24.0 Å². The van der Waals surface area contributed by atoms with Gasteiger partial charge in [-0.15, -0.1) is 0 Å². The number of nitrogens with one attached hydrogen (secondary N) is 2. The molecule has 2 N–H and O–H groups in total. The molecule has 0 radical (unpaired) electrons. The number of urea groups is 1. The van der Waals surface area contributed by atoms with E-state index in [4.69, 9.17) is 0 Å². The van der Waals surface area contributed by atoms with Gasteiger partial charge >= 0.3 is 6.03 Å². The van der Waals surface area contributed by atoms with E-state index >= 15 is 0 Å². The molecule has 1 aromatic carbocycles. The van der Waals surface area contributed by atoms with E-state index in [-0.39, 0.29) is 4.90 Å². The van der Waals surface area contributed by atoms with Crippen LogP contribution in [0.1, 0.15) is 13.8 Å². The Morgan fingerprint density at radius 1 is 1.21 bits per heavy atom. The van der Waals surface area contributed by atoms with Gasteiger partial charge in [0, 0.05) is 6.54 Å². The lowest BCUT2D eigenvalue weighted by Crippen LogP contribution is -2.45. The summed E-state index contributed by atoms with van der Waals surface area (Å²) in [6.07, 6.45) is 0. The van der Waals surface area contributed by atoms with Gasteiger partial charge in [0.1, 0.15) is 5.25 Å². The average molecular weight is 284 g/mol. The topological polar surface area (TPSA) is 92.3 Å². The molecular formula is C12H16N2O4S. The standard InChI is InChI=1S/C12H16N2O4S/c1-3-13-12(16)14-11(15)9(2)19(17,18)10-7-5-4-6-8-10/h4-9H,3H2,1-2H3,(H2,13,14,15,16).